The first-order valence-electron chi connectivity index (χ1n) is 4.29. The van der Waals surface area contributed by atoms with Gasteiger partial charge in [0.2, 0.25) is 0 Å². The second kappa shape index (κ2) is 4.42. The number of carbonyl (C=O) groups is 1. The molecule has 1 saturated carbocycles. The predicted molar refractivity (Wildman–Crippen MR) is 43.8 cm³/mol. The second-order valence-electron chi connectivity index (χ2n) is 3.19. The quantitative estimate of drug-likeness (QED) is 0.646. The van der Waals surface area contributed by atoms with Crippen LogP contribution >= 0.6 is 0 Å². The third-order valence-electron chi connectivity index (χ3n) is 2.17. The smallest absolute Gasteiger partial charge is 0.329 e. The topological polar surface area (TPSA) is 72.5 Å². The molecule has 0 aromatic rings. The minimum absolute atomic E-state index is 0.0260. The third-order valence-corrected chi connectivity index (χ3v) is 2.17. The summed E-state index contributed by atoms with van der Waals surface area (Å²) in [5.41, 5.74) is 5.75. The lowest BCUT2D eigenvalue weighted by Crippen LogP contribution is -2.40. The van der Waals surface area contributed by atoms with E-state index in [1.807, 2.05) is 0 Å². The van der Waals surface area contributed by atoms with Crippen molar-refractivity contribution in [3.05, 3.63) is 0 Å². The Balaban J connectivity index is 2.24. The molecule has 1 aliphatic carbocycles. The molecule has 0 unspecified atom stereocenters. The van der Waals surface area contributed by atoms with Gasteiger partial charge in [0.05, 0.1) is 6.10 Å². The minimum atomic E-state index is -0.923. The first-order valence-corrected chi connectivity index (χ1v) is 4.29. The van der Waals surface area contributed by atoms with E-state index in [1.165, 1.54) is 0 Å². The highest BCUT2D eigenvalue weighted by Gasteiger charge is 2.22. The van der Waals surface area contributed by atoms with Gasteiger partial charge < -0.3 is 15.6 Å². The van der Waals surface area contributed by atoms with Gasteiger partial charge in [-0.2, -0.15) is 0 Å². The summed E-state index contributed by atoms with van der Waals surface area (Å²) >= 11 is 0. The Morgan fingerprint density at radius 1 is 1.50 bits per heavy atom. The summed E-state index contributed by atoms with van der Waals surface area (Å²) in [6.45, 7) is -0.224. The van der Waals surface area contributed by atoms with Crippen molar-refractivity contribution in [2.75, 3.05) is 6.61 Å². The zero-order valence-electron chi connectivity index (χ0n) is 7.03. The highest BCUT2D eigenvalue weighted by molar-refractivity contribution is 5.68. The Labute approximate surface area is 71.7 Å². The molecule has 0 heterocycles. The Kier molecular flexibility index (Phi) is 3.49. The first-order chi connectivity index (χ1) is 5.70. The monoisotopic (exact) mass is 173 g/mol. The fraction of sp³-hybridized carbons (Fsp3) is 0.875. The SMILES string of the molecule is N[C@@H]1CCCC[C@H]1OCC(=O)O. The molecule has 12 heavy (non-hydrogen) atoms. The van der Waals surface area contributed by atoms with Gasteiger partial charge in [0.15, 0.2) is 0 Å². The number of nitrogens with two attached hydrogens (primary N) is 1. The number of aliphatic carboxylic acids is 1. The summed E-state index contributed by atoms with van der Waals surface area (Å²) in [4.78, 5) is 10.2. The minimum Gasteiger partial charge on any atom is -0.480 e. The molecule has 1 aliphatic rings. The summed E-state index contributed by atoms with van der Waals surface area (Å²) in [5.74, 6) is -0.923. The van der Waals surface area contributed by atoms with Gasteiger partial charge in [0, 0.05) is 6.04 Å². The zero-order chi connectivity index (χ0) is 8.97. The van der Waals surface area contributed by atoms with Gasteiger partial charge in [-0.3, -0.25) is 0 Å². The van der Waals surface area contributed by atoms with Crippen LogP contribution in [0.15, 0.2) is 0 Å². The number of rotatable bonds is 3. The van der Waals surface area contributed by atoms with E-state index in [2.05, 4.69) is 0 Å². The standard InChI is InChI=1S/C8H15NO3/c9-6-3-1-2-4-7(6)12-5-8(10)11/h6-7H,1-5,9H2,(H,10,11)/t6-,7-/m1/s1. The van der Waals surface area contributed by atoms with Crippen LogP contribution in [-0.4, -0.2) is 29.8 Å². The van der Waals surface area contributed by atoms with Crippen molar-refractivity contribution in [2.24, 2.45) is 5.73 Å². The maximum atomic E-state index is 10.2. The molecule has 70 valence electrons. The molecular formula is C8H15NO3. The van der Waals surface area contributed by atoms with Crippen molar-refractivity contribution in [1.82, 2.24) is 0 Å². The summed E-state index contributed by atoms with van der Waals surface area (Å²) in [6, 6.07) is 0.0260. The maximum Gasteiger partial charge on any atom is 0.329 e. The van der Waals surface area contributed by atoms with Crippen LogP contribution in [0.25, 0.3) is 0 Å². The fourth-order valence-electron chi connectivity index (χ4n) is 1.51. The van der Waals surface area contributed by atoms with Gasteiger partial charge in [0.25, 0.3) is 0 Å². The van der Waals surface area contributed by atoms with E-state index in [1.54, 1.807) is 0 Å². The summed E-state index contributed by atoms with van der Waals surface area (Å²) in [7, 11) is 0. The molecule has 1 fully saturated rings. The van der Waals surface area contributed by atoms with E-state index in [4.69, 9.17) is 15.6 Å². The molecule has 0 amide bonds. The molecule has 4 heteroatoms. The Bertz CT molecular complexity index is 160. The van der Waals surface area contributed by atoms with Crippen LogP contribution in [0.3, 0.4) is 0 Å². The van der Waals surface area contributed by atoms with Crippen molar-refractivity contribution >= 4 is 5.97 Å². The number of carboxylic acids is 1. The molecule has 3 N–H and O–H groups in total. The van der Waals surface area contributed by atoms with Crippen molar-refractivity contribution < 1.29 is 14.6 Å². The van der Waals surface area contributed by atoms with E-state index >= 15 is 0 Å². The van der Waals surface area contributed by atoms with Crippen LogP contribution in [0.4, 0.5) is 0 Å². The van der Waals surface area contributed by atoms with Gasteiger partial charge in [0.1, 0.15) is 6.61 Å². The maximum absolute atomic E-state index is 10.2. The molecule has 0 saturated heterocycles. The van der Waals surface area contributed by atoms with Crippen molar-refractivity contribution in [3.63, 3.8) is 0 Å². The number of hydrogen-bond donors (Lipinski definition) is 2. The zero-order valence-corrected chi connectivity index (χ0v) is 7.03. The van der Waals surface area contributed by atoms with E-state index in [-0.39, 0.29) is 18.8 Å². The summed E-state index contributed by atoms with van der Waals surface area (Å²) in [5, 5.41) is 8.36. The molecule has 0 spiro atoms. The third kappa shape index (κ3) is 2.79. The number of hydrogen-bond acceptors (Lipinski definition) is 3. The van der Waals surface area contributed by atoms with E-state index in [9.17, 15) is 4.79 Å². The Morgan fingerprint density at radius 3 is 2.75 bits per heavy atom. The van der Waals surface area contributed by atoms with Crippen LogP contribution in [-0.2, 0) is 9.53 Å². The lowest BCUT2D eigenvalue weighted by molar-refractivity contribution is -0.145. The summed E-state index contributed by atoms with van der Waals surface area (Å²) < 4.78 is 5.13. The van der Waals surface area contributed by atoms with E-state index < -0.39 is 5.97 Å². The van der Waals surface area contributed by atoms with Gasteiger partial charge >= 0.3 is 5.97 Å². The summed E-state index contributed by atoms with van der Waals surface area (Å²) in [6.07, 6.45) is 4.03. The predicted octanol–water partition coefficient (Wildman–Crippen LogP) is 0.357. The van der Waals surface area contributed by atoms with E-state index in [0.29, 0.717) is 0 Å². The van der Waals surface area contributed by atoms with E-state index in [0.717, 1.165) is 25.7 Å². The van der Waals surface area contributed by atoms with Crippen LogP contribution in [0.5, 0.6) is 0 Å². The van der Waals surface area contributed by atoms with Gasteiger partial charge in [-0.15, -0.1) is 0 Å². The molecule has 1 rings (SSSR count). The molecule has 4 nitrogen and oxygen atoms in total. The largest absolute Gasteiger partial charge is 0.480 e. The van der Waals surface area contributed by atoms with Gasteiger partial charge in [-0.25, -0.2) is 4.79 Å². The molecule has 2 atom stereocenters. The lowest BCUT2D eigenvalue weighted by atomic mass is 9.93. The molecule has 0 aliphatic heterocycles. The van der Waals surface area contributed by atoms with Crippen LogP contribution in [0, 0.1) is 0 Å². The average Bonchev–Trinajstić information content (AvgIpc) is 2.03. The second-order valence-corrected chi connectivity index (χ2v) is 3.19. The molecule has 0 radical (unpaired) electrons. The van der Waals surface area contributed by atoms with Crippen molar-refractivity contribution in [3.8, 4) is 0 Å². The van der Waals surface area contributed by atoms with Crippen LogP contribution in [0.2, 0.25) is 0 Å². The first kappa shape index (κ1) is 9.48. The average molecular weight is 173 g/mol. The molecule has 0 aromatic carbocycles. The van der Waals surface area contributed by atoms with Gasteiger partial charge in [-0.05, 0) is 12.8 Å². The molecule has 0 bridgehead atoms. The van der Waals surface area contributed by atoms with Gasteiger partial charge in [-0.1, -0.05) is 12.8 Å². The van der Waals surface area contributed by atoms with Crippen molar-refractivity contribution in [2.45, 2.75) is 37.8 Å². The molecule has 0 aromatic heterocycles. The fourth-order valence-corrected chi connectivity index (χ4v) is 1.51. The highest BCUT2D eigenvalue weighted by atomic mass is 16.5. The van der Waals surface area contributed by atoms with Crippen molar-refractivity contribution in [1.29, 1.82) is 0 Å². The number of ether oxygens (including phenoxy) is 1. The van der Waals surface area contributed by atoms with Crippen LogP contribution in [0.1, 0.15) is 25.7 Å². The Hall–Kier alpha value is -0.610. The normalized spacial score (nSPS) is 30.1. The Morgan fingerprint density at radius 2 is 2.17 bits per heavy atom. The van der Waals surface area contributed by atoms with Crippen LogP contribution < -0.4 is 5.73 Å². The number of carboxylic acid groups (broad SMARTS) is 1. The lowest BCUT2D eigenvalue weighted by Gasteiger charge is -2.27. The highest BCUT2D eigenvalue weighted by Crippen LogP contribution is 2.19. The molecular weight excluding hydrogens is 158 g/mol.